The van der Waals surface area contributed by atoms with Crippen LogP contribution in [0.5, 0.6) is 0 Å². The summed E-state index contributed by atoms with van der Waals surface area (Å²) in [5.41, 5.74) is -17.7. The summed E-state index contributed by atoms with van der Waals surface area (Å²) in [6.07, 6.45) is 18.4. The number of halogens is 12. The first-order chi connectivity index (χ1) is 32.2. The summed E-state index contributed by atoms with van der Waals surface area (Å²) in [6, 6.07) is 18.0. The van der Waals surface area contributed by atoms with Crippen molar-refractivity contribution in [2.45, 2.75) is 22.0 Å². The molecule has 5 aromatic heterocycles. The number of hydrogen-bond donors (Lipinski definition) is 0. The van der Waals surface area contributed by atoms with Crippen LogP contribution in [0.25, 0.3) is 0 Å². The third-order valence-corrected chi connectivity index (χ3v) is 36.0. The minimum absolute atomic E-state index is 0.354. The van der Waals surface area contributed by atoms with Crippen LogP contribution in [0.2, 0.25) is 0 Å². The van der Waals surface area contributed by atoms with E-state index < -0.39 is 70.4 Å². The van der Waals surface area contributed by atoms with E-state index in [-0.39, 0.29) is 20.7 Å². The van der Waals surface area contributed by atoms with E-state index in [4.69, 9.17) is 51.9 Å². The topological polar surface area (TPSA) is 257 Å². The molecule has 5 rings (SSSR count). The lowest BCUT2D eigenvalue weighted by Crippen LogP contribution is -2.41. The Hall–Kier alpha value is -4.07. The second kappa shape index (κ2) is 25.0. The van der Waals surface area contributed by atoms with Crippen LogP contribution in [0.3, 0.4) is 0 Å². The monoisotopic (exact) mass is 1210 g/mol. The van der Waals surface area contributed by atoms with Gasteiger partial charge in [0.2, 0.25) is 6.58 Å². The number of hydrogen-bond acceptors (Lipinski definition) is 16. The van der Waals surface area contributed by atoms with E-state index in [1.165, 1.54) is 22.7 Å². The molecule has 72 heavy (non-hydrogen) atoms. The molecule has 0 aliphatic rings. The van der Waals surface area contributed by atoms with E-state index in [2.05, 4.69) is 191 Å². The highest BCUT2D eigenvalue weighted by atomic mass is 32.9. The summed E-state index contributed by atoms with van der Waals surface area (Å²) in [7, 11) is -9.00. The van der Waals surface area contributed by atoms with E-state index in [1.54, 1.807) is 0 Å². The predicted molar refractivity (Wildman–Crippen MR) is 236 cm³/mol. The molecule has 0 bridgehead atoms. The van der Waals surface area contributed by atoms with Crippen LogP contribution in [0.15, 0.2) is 98.1 Å². The number of pyridine rings is 4. The van der Waals surface area contributed by atoms with Crippen molar-refractivity contribution in [2.24, 2.45) is 0 Å². The molecule has 0 aliphatic carbocycles. The molecule has 0 aliphatic heterocycles. The van der Waals surface area contributed by atoms with Crippen molar-refractivity contribution in [1.29, 1.82) is 0 Å². The largest absolute Gasteiger partial charge is 0.741 e. The van der Waals surface area contributed by atoms with Gasteiger partial charge in [-0.1, -0.05) is 0 Å². The van der Waals surface area contributed by atoms with Gasteiger partial charge in [-0.2, -0.15) is 52.7 Å². The Bertz CT molecular complexity index is 2690. The molecule has 0 fully saturated rings. The number of nitrogens with zero attached hydrogens (tertiary/aromatic N) is 8. The Morgan fingerprint density at radius 1 is 0.375 bits per heavy atom. The molecule has 0 saturated carbocycles. The fraction of sp³-hybridized carbons (Fsp3) is 0.375. The minimum atomic E-state index is -6.09. The molecule has 0 saturated heterocycles. The van der Waals surface area contributed by atoms with Gasteiger partial charge in [0.1, 0.15) is 0 Å². The SMILES string of the molecule is CN(C)c1cc[n+](P([n+]2ccc(N(C)C)cc2)p2p(-[n+]3ccc(N(C)C)cc3)p2-[n+]2ccc(N(C)C)cc2)cc1.O=S(=O)([O-])C(F)(F)F.O=S(=O)([O-])C(F)(F)F.O=S(=O)([O-])C(F)(F)F.O=S(=O)([O-])C(F)(F)F. The summed E-state index contributed by atoms with van der Waals surface area (Å²) in [5, 5.41) is 0. The zero-order valence-corrected chi connectivity index (χ0v) is 44.5. The van der Waals surface area contributed by atoms with Crippen molar-refractivity contribution in [3.05, 3.63) is 98.1 Å². The molecule has 0 radical (unpaired) electrons. The zero-order chi connectivity index (χ0) is 56.6. The average molecular weight is 1210 g/mol. The number of alkyl halides is 12. The lowest BCUT2D eigenvalue weighted by molar-refractivity contribution is -0.621. The predicted octanol–water partition coefficient (Wildman–Crippen LogP) is 5.06. The maximum atomic E-state index is 10.7. The Labute approximate surface area is 408 Å². The smallest absolute Gasteiger partial charge is 0.560 e. The van der Waals surface area contributed by atoms with Gasteiger partial charge in [0, 0.05) is 128 Å². The molecule has 2 atom stereocenters. The van der Waals surface area contributed by atoms with Gasteiger partial charge in [-0.25, -0.2) is 33.7 Å². The van der Waals surface area contributed by atoms with Crippen LogP contribution in [-0.2, 0) is 40.5 Å². The van der Waals surface area contributed by atoms with Crippen LogP contribution in [0.4, 0.5) is 75.4 Å². The third kappa shape index (κ3) is 20.0. The Morgan fingerprint density at radius 3 is 0.667 bits per heavy atom. The van der Waals surface area contributed by atoms with Gasteiger partial charge < -0.3 is 37.8 Å². The quantitative estimate of drug-likeness (QED) is 0.0809. The van der Waals surface area contributed by atoms with Gasteiger partial charge in [0.25, 0.3) is 14.1 Å². The summed E-state index contributed by atoms with van der Waals surface area (Å²) in [5.74, 6) is 0. The van der Waals surface area contributed by atoms with Crippen LogP contribution >= 0.6 is 28.6 Å². The summed E-state index contributed by atoms with van der Waals surface area (Å²) in [4.78, 5) is 8.67. The first-order valence-electron chi connectivity index (χ1n) is 18.2. The molecule has 408 valence electrons. The fourth-order valence-corrected chi connectivity index (χ4v) is 39.0. The molecule has 0 N–H and O–H groups in total. The molecule has 0 amide bonds. The van der Waals surface area contributed by atoms with Gasteiger partial charge in [-0.05, 0) is 0 Å². The molecule has 0 spiro atoms. The molecular weight excluding hydrogens is 1170 g/mol. The molecule has 0 aromatic carbocycles. The molecule has 20 nitrogen and oxygen atoms in total. The van der Waals surface area contributed by atoms with E-state index >= 15 is 0 Å². The first kappa shape index (κ1) is 65.9. The Balaban J connectivity index is 0.000000652. The standard InChI is InChI=1S/C28H40N8P4.4CHF3O3S/c1-29(2)25-9-17-33(18-10-25)37(34-19-11-26(12-20-34)30(3)4)40-38(35-21-13-27(14-22-35)31(5)6)39(40)36-23-15-28(16-24-36)32(7)8;4*2-1(3,4)8(5,6)7/h9-24H,1-8H3;4*(H,5,6,7)/q+4;;;;/p-4. The van der Waals surface area contributed by atoms with Gasteiger partial charge in [0.15, 0.2) is 90.0 Å². The van der Waals surface area contributed by atoms with Crippen molar-refractivity contribution >= 4 is 91.8 Å². The number of aromatic nitrogens is 4. The van der Waals surface area contributed by atoms with Crippen LogP contribution in [0.1, 0.15) is 0 Å². The third-order valence-electron chi connectivity index (χ3n) is 7.82. The molecule has 5 heterocycles. The first-order valence-corrected chi connectivity index (χ1v) is 31.8. The van der Waals surface area contributed by atoms with E-state index in [1.807, 2.05) is 0 Å². The summed E-state index contributed by atoms with van der Waals surface area (Å²) in [6.45, 7) is -0.354. The average Bonchev–Trinajstić information content (AvgIpc) is 3.94. The highest BCUT2D eigenvalue weighted by Crippen LogP contribution is 2.93. The van der Waals surface area contributed by atoms with Crippen LogP contribution in [-0.4, -0.2) is 130 Å². The van der Waals surface area contributed by atoms with Crippen LogP contribution in [0, 0.1) is 0 Å². The van der Waals surface area contributed by atoms with E-state index in [0.29, 0.717) is 0 Å². The zero-order valence-electron chi connectivity index (χ0n) is 37.7. The van der Waals surface area contributed by atoms with E-state index in [9.17, 15) is 52.7 Å². The molecule has 5 aromatic rings. The normalized spacial score (nSPS) is 13.2. The van der Waals surface area contributed by atoms with Crippen molar-refractivity contribution in [3.8, 4) is 0 Å². The van der Waals surface area contributed by atoms with Gasteiger partial charge >= 0.3 is 29.9 Å². The highest BCUT2D eigenvalue weighted by Gasteiger charge is 2.59. The van der Waals surface area contributed by atoms with E-state index in [0.717, 1.165) is 0 Å². The molecule has 2 unspecified atom stereocenters. The van der Waals surface area contributed by atoms with Crippen molar-refractivity contribution in [1.82, 2.24) is 0 Å². The van der Waals surface area contributed by atoms with Gasteiger partial charge in [-0.3, -0.25) is 0 Å². The van der Waals surface area contributed by atoms with Gasteiger partial charge in [-0.15, -0.1) is 17.4 Å². The number of rotatable bonds is 9. The Morgan fingerprint density at radius 2 is 0.528 bits per heavy atom. The fourth-order valence-electron chi connectivity index (χ4n) is 4.24. The highest BCUT2D eigenvalue weighted by molar-refractivity contribution is 8.85. The molecule has 40 heteroatoms. The second-order valence-corrected chi connectivity index (χ2v) is 37.4. The second-order valence-electron chi connectivity index (χ2n) is 14.0. The van der Waals surface area contributed by atoms with Crippen molar-refractivity contribution in [2.75, 3.05) is 76.0 Å². The van der Waals surface area contributed by atoms with Gasteiger partial charge in [0.05, 0.1) is 0 Å². The molecular formula is C32H40F12N8O12P4S4. The van der Waals surface area contributed by atoms with Crippen molar-refractivity contribution in [3.63, 3.8) is 0 Å². The summed E-state index contributed by atoms with van der Waals surface area (Å²) < 4.78 is 246. The lowest BCUT2D eigenvalue weighted by Gasteiger charge is -2.11. The van der Waals surface area contributed by atoms with Crippen LogP contribution < -0.4 is 37.0 Å². The number of anilines is 4. The summed E-state index contributed by atoms with van der Waals surface area (Å²) >= 11 is 0. The maximum absolute atomic E-state index is 10.7. The lowest BCUT2D eigenvalue weighted by atomic mass is 10.4. The maximum Gasteiger partial charge on any atom is 0.560 e. The minimum Gasteiger partial charge on any atom is -0.741 e. The Kier molecular flexibility index (Phi) is 22.9. The van der Waals surface area contributed by atoms with Crippen molar-refractivity contribution < 1.29 is 122 Å².